The van der Waals surface area contributed by atoms with Crippen LogP contribution in [0.2, 0.25) is 5.02 Å². The summed E-state index contributed by atoms with van der Waals surface area (Å²) in [5.74, 6) is 0.732. The van der Waals surface area contributed by atoms with Crippen molar-refractivity contribution < 1.29 is 0 Å². The van der Waals surface area contributed by atoms with E-state index in [2.05, 4.69) is 38.7 Å². The SMILES string of the molecule is CCC(CC)CN(CC)C(c1cccc(Cl)c1)C(C)N. The second-order valence-electron chi connectivity index (χ2n) is 5.63. The van der Waals surface area contributed by atoms with Gasteiger partial charge in [0.15, 0.2) is 0 Å². The van der Waals surface area contributed by atoms with E-state index in [0.717, 1.165) is 24.0 Å². The van der Waals surface area contributed by atoms with Crippen LogP contribution in [0.25, 0.3) is 0 Å². The van der Waals surface area contributed by atoms with Crippen molar-refractivity contribution >= 4 is 11.6 Å². The van der Waals surface area contributed by atoms with Crippen molar-refractivity contribution in [2.24, 2.45) is 11.7 Å². The Morgan fingerprint density at radius 3 is 2.30 bits per heavy atom. The fourth-order valence-corrected chi connectivity index (χ4v) is 3.05. The third-order valence-electron chi connectivity index (χ3n) is 4.14. The summed E-state index contributed by atoms with van der Waals surface area (Å²) in [4.78, 5) is 2.49. The van der Waals surface area contributed by atoms with E-state index in [1.165, 1.54) is 18.4 Å². The van der Waals surface area contributed by atoms with Gasteiger partial charge in [0.05, 0.1) is 0 Å². The molecule has 3 heteroatoms. The molecule has 1 aromatic carbocycles. The second kappa shape index (κ2) is 8.66. The molecule has 0 aliphatic carbocycles. The zero-order valence-corrected chi connectivity index (χ0v) is 14.0. The van der Waals surface area contributed by atoms with Gasteiger partial charge < -0.3 is 5.73 Å². The first-order chi connectivity index (χ1) is 9.53. The lowest BCUT2D eigenvalue weighted by Crippen LogP contribution is -2.41. The lowest BCUT2D eigenvalue weighted by molar-refractivity contribution is 0.153. The maximum absolute atomic E-state index is 6.27. The van der Waals surface area contributed by atoms with Crippen LogP contribution in [0.15, 0.2) is 24.3 Å². The molecule has 0 saturated heterocycles. The van der Waals surface area contributed by atoms with Crippen LogP contribution in [0.1, 0.15) is 52.1 Å². The Hall–Kier alpha value is -0.570. The summed E-state index contributed by atoms with van der Waals surface area (Å²) >= 11 is 6.14. The average Bonchev–Trinajstić information content (AvgIpc) is 2.42. The molecular formula is C17H29ClN2. The molecule has 114 valence electrons. The molecule has 0 radical (unpaired) electrons. The Kier molecular flexibility index (Phi) is 7.57. The second-order valence-corrected chi connectivity index (χ2v) is 6.07. The van der Waals surface area contributed by atoms with Crippen LogP contribution < -0.4 is 5.73 Å². The summed E-state index contributed by atoms with van der Waals surface area (Å²) in [5, 5.41) is 0.784. The maximum atomic E-state index is 6.27. The molecule has 0 bridgehead atoms. The van der Waals surface area contributed by atoms with E-state index in [-0.39, 0.29) is 12.1 Å². The van der Waals surface area contributed by atoms with E-state index >= 15 is 0 Å². The Bertz CT molecular complexity index is 388. The van der Waals surface area contributed by atoms with Crippen LogP contribution in [0.4, 0.5) is 0 Å². The minimum Gasteiger partial charge on any atom is -0.326 e. The van der Waals surface area contributed by atoms with Crippen LogP contribution in [0, 0.1) is 5.92 Å². The lowest BCUT2D eigenvalue weighted by Gasteiger charge is -2.36. The molecule has 1 aromatic rings. The van der Waals surface area contributed by atoms with E-state index < -0.39 is 0 Å². The Morgan fingerprint density at radius 2 is 1.85 bits per heavy atom. The third-order valence-corrected chi connectivity index (χ3v) is 4.37. The number of halogens is 1. The number of nitrogens with zero attached hydrogens (tertiary/aromatic N) is 1. The molecule has 0 heterocycles. The van der Waals surface area contributed by atoms with Crippen LogP contribution in [0.3, 0.4) is 0 Å². The van der Waals surface area contributed by atoms with E-state index in [4.69, 9.17) is 17.3 Å². The molecule has 0 saturated carbocycles. The van der Waals surface area contributed by atoms with E-state index in [9.17, 15) is 0 Å². The monoisotopic (exact) mass is 296 g/mol. The fourth-order valence-electron chi connectivity index (χ4n) is 2.86. The molecule has 2 N–H and O–H groups in total. The van der Waals surface area contributed by atoms with Crippen molar-refractivity contribution in [2.45, 2.75) is 52.6 Å². The van der Waals surface area contributed by atoms with Gasteiger partial charge in [-0.3, -0.25) is 4.90 Å². The molecule has 2 unspecified atom stereocenters. The van der Waals surface area contributed by atoms with Crippen LogP contribution in [-0.2, 0) is 0 Å². The zero-order valence-electron chi connectivity index (χ0n) is 13.3. The highest BCUT2D eigenvalue weighted by Crippen LogP contribution is 2.27. The van der Waals surface area contributed by atoms with Gasteiger partial charge in [0.2, 0.25) is 0 Å². The quantitative estimate of drug-likeness (QED) is 0.766. The van der Waals surface area contributed by atoms with Crippen molar-refractivity contribution in [2.75, 3.05) is 13.1 Å². The highest BCUT2D eigenvalue weighted by atomic mass is 35.5. The summed E-state index contributed by atoms with van der Waals surface area (Å²) in [6, 6.07) is 8.43. The number of rotatable bonds is 8. The molecular weight excluding hydrogens is 268 g/mol. The smallest absolute Gasteiger partial charge is 0.0496 e. The molecule has 0 fully saturated rings. The summed E-state index contributed by atoms with van der Waals surface area (Å²) in [7, 11) is 0. The van der Waals surface area contributed by atoms with Crippen molar-refractivity contribution in [3.8, 4) is 0 Å². The summed E-state index contributed by atoms with van der Waals surface area (Å²) in [6.07, 6.45) is 2.43. The molecule has 0 aliphatic heterocycles. The number of hydrogen-bond donors (Lipinski definition) is 1. The first-order valence-corrected chi connectivity index (χ1v) is 8.16. The van der Waals surface area contributed by atoms with Crippen molar-refractivity contribution in [1.29, 1.82) is 0 Å². The number of nitrogens with two attached hydrogens (primary N) is 1. The molecule has 1 rings (SSSR count). The number of benzene rings is 1. The fraction of sp³-hybridized carbons (Fsp3) is 0.647. The topological polar surface area (TPSA) is 29.3 Å². The van der Waals surface area contributed by atoms with Gasteiger partial charge in [-0.2, -0.15) is 0 Å². The van der Waals surface area contributed by atoms with Gasteiger partial charge in [-0.05, 0) is 37.1 Å². The summed E-state index contributed by atoms with van der Waals surface area (Å²) < 4.78 is 0. The van der Waals surface area contributed by atoms with E-state index in [1.54, 1.807) is 0 Å². The predicted octanol–water partition coefficient (Wildman–Crippen LogP) is 4.49. The molecule has 0 spiro atoms. The summed E-state index contributed by atoms with van der Waals surface area (Å²) in [5.41, 5.74) is 7.49. The highest BCUT2D eigenvalue weighted by Gasteiger charge is 2.24. The molecule has 0 aromatic heterocycles. The van der Waals surface area contributed by atoms with Gasteiger partial charge in [0, 0.05) is 23.7 Å². The normalized spacial score (nSPS) is 14.8. The predicted molar refractivity (Wildman–Crippen MR) is 89.2 cm³/mol. The largest absolute Gasteiger partial charge is 0.326 e. The van der Waals surface area contributed by atoms with Gasteiger partial charge in [-0.25, -0.2) is 0 Å². The third kappa shape index (κ3) is 4.76. The van der Waals surface area contributed by atoms with Crippen LogP contribution in [0.5, 0.6) is 0 Å². The van der Waals surface area contributed by atoms with Gasteiger partial charge in [0.1, 0.15) is 0 Å². The zero-order chi connectivity index (χ0) is 15.1. The van der Waals surface area contributed by atoms with Crippen LogP contribution >= 0.6 is 11.6 Å². The van der Waals surface area contributed by atoms with Crippen molar-refractivity contribution in [3.63, 3.8) is 0 Å². The van der Waals surface area contributed by atoms with E-state index in [0.29, 0.717) is 0 Å². The maximum Gasteiger partial charge on any atom is 0.0496 e. The lowest BCUT2D eigenvalue weighted by atomic mass is 9.96. The standard InChI is InChI=1S/C17H29ClN2/c1-5-14(6-2)12-20(7-3)17(13(4)19)15-9-8-10-16(18)11-15/h8-11,13-14,17H,5-7,12,19H2,1-4H3. The van der Waals surface area contributed by atoms with Gasteiger partial charge in [-0.1, -0.05) is 57.3 Å². The molecule has 0 aliphatic rings. The first-order valence-electron chi connectivity index (χ1n) is 7.78. The average molecular weight is 297 g/mol. The first kappa shape index (κ1) is 17.5. The van der Waals surface area contributed by atoms with Gasteiger partial charge in [0.25, 0.3) is 0 Å². The van der Waals surface area contributed by atoms with Gasteiger partial charge >= 0.3 is 0 Å². The molecule has 2 atom stereocenters. The van der Waals surface area contributed by atoms with E-state index in [1.807, 2.05) is 18.2 Å². The molecule has 20 heavy (non-hydrogen) atoms. The Labute approximate surface area is 129 Å². The highest BCUT2D eigenvalue weighted by molar-refractivity contribution is 6.30. The Balaban J connectivity index is 2.98. The summed E-state index contributed by atoms with van der Waals surface area (Å²) in [6.45, 7) is 10.9. The molecule has 2 nitrogen and oxygen atoms in total. The Morgan fingerprint density at radius 1 is 1.20 bits per heavy atom. The number of hydrogen-bond acceptors (Lipinski definition) is 2. The van der Waals surface area contributed by atoms with Crippen molar-refractivity contribution in [1.82, 2.24) is 4.90 Å². The van der Waals surface area contributed by atoms with Crippen molar-refractivity contribution in [3.05, 3.63) is 34.9 Å². The number of likely N-dealkylation sites (N-methyl/N-ethyl adjacent to an activating group) is 1. The van der Waals surface area contributed by atoms with Gasteiger partial charge in [-0.15, -0.1) is 0 Å². The minimum atomic E-state index is 0.0859. The minimum absolute atomic E-state index is 0.0859. The molecule has 0 amide bonds. The van der Waals surface area contributed by atoms with Crippen LogP contribution in [-0.4, -0.2) is 24.0 Å².